The molecular weight excluding hydrogens is 519 g/mol. The Bertz CT molecular complexity index is 1420. The predicted octanol–water partition coefficient (Wildman–Crippen LogP) is 5.31. The van der Waals surface area contributed by atoms with Crippen molar-refractivity contribution >= 4 is 35.4 Å². The summed E-state index contributed by atoms with van der Waals surface area (Å²) in [4.78, 5) is 33.7. The number of ether oxygens (including phenoxy) is 1. The number of nitrogens with zero attached hydrogens (tertiary/aromatic N) is 2. The minimum atomic E-state index is -0.654. The highest BCUT2D eigenvalue weighted by Crippen LogP contribution is 2.39. The van der Waals surface area contributed by atoms with Crippen LogP contribution in [0.1, 0.15) is 79.0 Å². The van der Waals surface area contributed by atoms with Gasteiger partial charge in [-0.25, -0.2) is 20.2 Å². The molecular formula is C31H41BN4O5. The van der Waals surface area contributed by atoms with Gasteiger partial charge in [0.25, 0.3) is 0 Å². The molecule has 1 aliphatic heterocycles. The van der Waals surface area contributed by atoms with Gasteiger partial charge in [0, 0.05) is 23.4 Å². The molecule has 9 nitrogen and oxygen atoms in total. The smallest absolute Gasteiger partial charge is 0.452 e. The highest BCUT2D eigenvalue weighted by molar-refractivity contribution is 6.62. The lowest BCUT2D eigenvalue weighted by Gasteiger charge is -2.35. The zero-order valence-electron chi connectivity index (χ0n) is 25.1. The number of benzene rings is 2. The Morgan fingerprint density at radius 3 is 2.39 bits per heavy atom. The topological polar surface area (TPSA) is 106 Å². The number of aromatic amines is 1. The molecule has 0 radical (unpaired) electrons. The molecule has 2 aliphatic rings. The second kappa shape index (κ2) is 11.1. The third kappa shape index (κ3) is 5.72. The lowest BCUT2D eigenvalue weighted by atomic mass is 9.78. The third-order valence-electron chi connectivity index (χ3n) is 8.88. The van der Waals surface area contributed by atoms with Crippen LogP contribution in [0.4, 0.5) is 4.79 Å². The molecule has 2 heterocycles. The first kappa shape index (κ1) is 29.1. The molecule has 3 aromatic rings. The third-order valence-corrected chi connectivity index (χ3v) is 8.88. The van der Waals surface area contributed by atoms with Gasteiger partial charge in [-0.15, -0.1) is 0 Å². The number of fused-ring (bicyclic) bond motifs is 1. The van der Waals surface area contributed by atoms with E-state index in [0.29, 0.717) is 0 Å². The number of methoxy groups -OCH3 is 1. The summed E-state index contributed by atoms with van der Waals surface area (Å²) in [5, 5.41) is 3.59. The van der Waals surface area contributed by atoms with Crippen LogP contribution in [-0.4, -0.2) is 58.4 Å². The van der Waals surface area contributed by atoms with Crippen molar-refractivity contribution in [3.8, 4) is 11.3 Å². The molecule has 1 saturated carbocycles. The number of amides is 2. The average molecular weight is 561 g/mol. The van der Waals surface area contributed by atoms with Crippen LogP contribution in [0.15, 0.2) is 42.6 Å². The number of aromatic nitrogens is 2. The van der Waals surface area contributed by atoms with Crippen molar-refractivity contribution < 1.29 is 23.6 Å². The van der Waals surface area contributed by atoms with Crippen molar-refractivity contribution in [2.24, 2.45) is 5.92 Å². The van der Waals surface area contributed by atoms with Gasteiger partial charge in [0.2, 0.25) is 5.91 Å². The predicted molar refractivity (Wildman–Crippen MR) is 159 cm³/mol. The van der Waals surface area contributed by atoms with E-state index in [1.54, 1.807) is 0 Å². The van der Waals surface area contributed by atoms with Crippen molar-refractivity contribution in [1.29, 1.82) is 0 Å². The maximum absolute atomic E-state index is 13.6. The molecule has 5 rings (SSSR count). The van der Waals surface area contributed by atoms with E-state index in [4.69, 9.17) is 19.0 Å². The van der Waals surface area contributed by atoms with E-state index in [0.717, 1.165) is 59.0 Å². The first-order valence-electron chi connectivity index (χ1n) is 14.5. The largest absolute Gasteiger partial charge is 0.494 e. The molecule has 2 N–H and O–H groups in total. The molecule has 1 aromatic heterocycles. The Morgan fingerprint density at radius 1 is 1.05 bits per heavy atom. The van der Waals surface area contributed by atoms with E-state index in [-0.39, 0.29) is 35.0 Å². The summed E-state index contributed by atoms with van der Waals surface area (Å²) in [6.07, 6.45) is 4.78. The minimum absolute atomic E-state index is 0.0615. The quantitative estimate of drug-likeness (QED) is 0.324. The van der Waals surface area contributed by atoms with Crippen molar-refractivity contribution in [3.63, 3.8) is 0 Å². The van der Waals surface area contributed by atoms with E-state index in [1.165, 1.54) is 12.1 Å². The maximum Gasteiger partial charge on any atom is 0.494 e. The van der Waals surface area contributed by atoms with Gasteiger partial charge in [-0.2, -0.15) is 0 Å². The molecule has 2 atom stereocenters. The summed E-state index contributed by atoms with van der Waals surface area (Å²) in [6, 6.07) is 12.4. The van der Waals surface area contributed by atoms with Gasteiger partial charge in [-0.3, -0.25) is 4.79 Å². The number of hydrogen-bond donors (Lipinski definition) is 2. The van der Waals surface area contributed by atoms with Gasteiger partial charge in [0.1, 0.15) is 5.82 Å². The second-order valence-corrected chi connectivity index (χ2v) is 12.5. The van der Waals surface area contributed by atoms with Crippen LogP contribution in [0.2, 0.25) is 0 Å². The first-order chi connectivity index (χ1) is 19.4. The van der Waals surface area contributed by atoms with Gasteiger partial charge in [0.05, 0.1) is 30.2 Å². The average Bonchev–Trinajstić information content (AvgIpc) is 3.52. The monoisotopic (exact) mass is 560 g/mol. The lowest BCUT2D eigenvalue weighted by molar-refractivity contribution is -0.142. The summed E-state index contributed by atoms with van der Waals surface area (Å²) >= 11 is 0. The Balaban J connectivity index is 1.36. The van der Waals surface area contributed by atoms with Crippen molar-refractivity contribution in [1.82, 2.24) is 20.4 Å². The van der Waals surface area contributed by atoms with Gasteiger partial charge in [-0.05, 0) is 76.7 Å². The molecule has 2 aromatic carbocycles. The highest BCUT2D eigenvalue weighted by Gasteiger charge is 2.51. The second-order valence-electron chi connectivity index (χ2n) is 12.5. The molecule has 1 unspecified atom stereocenters. The van der Waals surface area contributed by atoms with Crippen molar-refractivity contribution in [2.75, 3.05) is 7.11 Å². The van der Waals surface area contributed by atoms with Crippen molar-refractivity contribution in [3.05, 3.63) is 48.4 Å². The van der Waals surface area contributed by atoms with Crippen LogP contribution in [0.3, 0.4) is 0 Å². The van der Waals surface area contributed by atoms with Crippen LogP contribution < -0.4 is 10.9 Å². The molecule has 1 saturated heterocycles. The summed E-state index contributed by atoms with van der Waals surface area (Å²) in [5.41, 5.74) is 4.74. The zero-order valence-corrected chi connectivity index (χ0v) is 25.1. The maximum atomic E-state index is 13.6. The number of hydrazine groups is 1. The number of carbonyl (C=O) groups is 2. The molecule has 218 valence electrons. The van der Waals surface area contributed by atoms with Crippen LogP contribution in [0, 0.1) is 5.92 Å². The summed E-state index contributed by atoms with van der Waals surface area (Å²) < 4.78 is 17.2. The molecule has 10 heteroatoms. The molecule has 1 aliphatic carbocycles. The van der Waals surface area contributed by atoms with E-state index >= 15 is 0 Å². The molecule has 2 amide bonds. The summed E-state index contributed by atoms with van der Waals surface area (Å²) in [5.74, 6) is 0.341. The normalized spacial score (nSPS) is 21.7. The van der Waals surface area contributed by atoms with E-state index < -0.39 is 13.2 Å². The van der Waals surface area contributed by atoms with Gasteiger partial charge in [-0.1, -0.05) is 43.2 Å². The number of hydrogen-bond acceptors (Lipinski definition) is 6. The van der Waals surface area contributed by atoms with Crippen LogP contribution in [0.5, 0.6) is 0 Å². The fraction of sp³-hybridized carbons (Fsp3) is 0.516. The van der Waals surface area contributed by atoms with E-state index in [1.807, 2.05) is 20.0 Å². The molecule has 2 fully saturated rings. The Kier molecular flexibility index (Phi) is 7.91. The zero-order chi connectivity index (χ0) is 29.5. The number of carbonyl (C=O) groups excluding carboxylic acids is 2. The standard InChI is InChI=1S/C31H41BN4O5/c1-19(2)36(35-29(38)39-7)28(37)25-11-9-8-10-24(25)27-33-18-26(34-27)22-13-12-21-17-23(15-14-20(21)16-22)32-40-30(3,4)31(5,6)41-32/h12-19,24-25H,8-11H2,1-7H3,(H,33,34)(H,35,38)/t24?,25-/m1/s1. The molecule has 0 bridgehead atoms. The first-order valence-corrected chi connectivity index (χ1v) is 14.5. The van der Waals surface area contributed by atoms with E-state index in [2.05, 4.69) is 74.5 Å². The van der Waals surface area contributed by atoms with E-state index in [9.17, 15) is 9.59 Å². The van der Waals surface area contributed by atoms with Gasteiger partial charge < -0.3 is 19.0 Å². The van der Waals surface area contributed by atoms with Gasteiger partial charge in [0.15, 0.2) is 0 Å². The Hall–Kier alpha value is -3.37. The highest BCUT2D eigenvalue weighted by atomic mass is 16.7. The van der Waals surface area contributed by atoms with Gasteiger partial charge >= 0.3 is 13.2 Å². The summed E-state index contributed by atoms with van der Waals surface area (Å²) in [6.45, 7) is 12.0. The summed E-state index contributed by atoms with van der Waals surface area (Å²) in [7, 11) is 0.886. The van der Waals surface area contributed by atoms with Crippen LogP contribution >= 0.6 is 0 Å². The number of imidazole rings is 1. The van der Waals surface area contributed by atoms with Crippen LogP contribution in [-0.2, 0) is 18.8 Å². The van der Waals surface area contributed by atoms with Crippen molar-refractivity contribution in [2.45, 2.75) is 90.4 Å². The van der Waals surface area contributed by atoms with Crippen LogP contribution in [0.25, 0.3) is 22.0 Å². The SMILES string of the molecule is COC(=O)NN(C(=O)[C@@H]1CCCCC1c1ncc(-c2ccc3cc(B4OC(C)(C)C(C)(C)O4)ccc3c2)[nH]1)C(C)C. The molecule has 0 spiro atoms. The fourth-order valence-corrected chi connectivity index (χ4v) is 5.74. The number of rotatable bonds is 5. The molecule has 41 heavy (non-hydrogen) atoms. The number of nitrogens with one attached hydrogen (secondary N) is 2. The minimum Gasteiger partial charge on any atom is -0.452 e. The lowest BCUT2D eigenvalue weighted by Crippen LogP contribution is -2.53. The Morgan fingerprint density at radius 2 is 1.71 bits per heavy atom. The Labute approximate surface area is 242 Å². The number of H-pyrrole nitrogens is 1. The fourth-order valence-electron chi connectivity index (χ4n) is 5.74.